The second-order valence-electron chi connectivity index (χ2n) is 6.63. The van der Waals surface area contributed by atoms with E-state index in [-0.39, 0.29) is 17.9 Å². The maximum atomic E-state index is 12.5. The molecule has 0 saturated heterocycles. The number of amides is 1. The number of nitrogens with two attached hydrogens (primary N) is 1. The van der Waals surface area contributed by atoms with Gasteiger partial charge in [0.1, 0.15) is 5.82 Å². The van der Waals surface area contributed by atoms with Crippen molar-refractivity contribution in [2.24, 2.45) is 16.9 Å². The number of aromatic nitrogens is 1. The topological polar surface area (TPSA) is 89.6 Å². The van der Waals surface area contributed by atoms with Crippen LogP contribution in [0, 0.1) is 5.92 Å². The van der Waals surface area contributed by atoms with Crippen LogP contribution in [0.15, 0.2) is 42.1 Å². The van der Waals surface area contributed by atoms with E-state index in [2.05, 4.69) is 22.0 Å². The summed E-state index contributed by atoms with van der Waals surface area (Å²) >= 11 is 0. The van der Waals surface area contributed by atoms with Crippen molar-refractivity contribution in [2.45, 2.75) is 31.8 Å². The third-order valence-electron chi connectivity index (χ3n) is 4.95. The van der Waals surface area contributed by atoms with Crippen LogP contribution in [0.4, 0.5) is 5.82 Å². The number of hydrazone groups is 1. The van der Waals surface area contributed by atoms with Gasteiger partial charge >= 0.3 is 0 Å². The van der Waals surface area contributed by atoms with E-state index in [1.165, 1.54) is 6.21 Å². The molecule has 1 aromatic heterocycles. The average Bonchev–Trinajstić information content (AvgIpc) is 2.67. The SMILES string of the molecule is C=C(/C=N\N)c1ccc2cnc(NC(=O)C3CCC(OC)CC3)cc2c1. The van der Waals surface area contributed by atoms with Crippen molar-refractivity contribution in [1.29, 1.82) is 0 Å². The fourth-order valence-corrected chi connectivity index (χ4v) is 3.36. The molecule has 0 aliphatic heterocycles. The maximum absolute atomic E-state index is 12.5. The van der Waals surface area contributed by atoms with Crippen molar-refractivity contribution in [1.82, 2.24) is 4.98 Å². The number of carbonyl (C=O) groups excluding carboxylic acids is 1. The molecule has 1 aromatic carbocycles. The summed E-state index contributed by atoms with van der Waals surface area (Å²) in [6.45, 7) is 3.94. The molecule has 0 bridgehead atoms. The molecule has 1 fully saturated rings. The molecule has 0 radical (unpaired) electrons. The standard InChI is InChI=1S/C20H24N4O2/c1-13(11-23-21)15-3-4-16-12-22-19(10-17(16)9-15)24-20(25)14-5-7-18(26-2)8-6-14/h3-4,9-12,14,18H,1,5-8,21H2,2H3,(H,22,24,25)/b23-11-. The minimum Gasteiger partial charge on any atom is -0.381 e. The minimum absolute atomic E-state index is 0.0192. The van der Waals surface area contributed by atoms with Crippen LogP contribution >= 0.6 is 0 Å². The first kappa shape index (κ1) is 18.1. The number of benzene rings is 1. The predicted molar refractivity (Wildman–Crippen MR) is 105 cm³/mol. The third kappa shape index (κ3) is 4.08. The summed E-state index contributed by atoms with van der Waals surface area (Å²) < 4.78 is 5.37. The molecule has 0 atom stereocenters. The lowest BCUT2D eigenvalue weighted by Gasteiger charge is -2.26. The number of ether oxygens (including phenoxy) is 1. The third-order valence-corrected chi connectivity index (χ3v) is 4.95. The molecule has 1 saturated carbocycles. The summed E-state index contributed by atoms with van der Waals surface area (Å²) in [7, 11) is 1.73. The van der Waals surface area contributed by atoms with Crippen LogP contribution in [0.5, 0.6) is 0 Å². The highest BCUT2D eigenvalue weighted by Crippen LogP contribution is 2.27. The number of rotatable bonds is 5. The van der Waals surface area contributed by atoms with Gasteiger partial charge < -0.3 is 15.9 Å². The number of nitrogens with zero attached hydrogens (tertiary/aromatic N) is 2. The fraction of sp³-hybridized carbons (Fsp3) is 0.350. The Morgan fingerprint density at radius 2 is 2.08 bits per heavy atom. The van der Waals surface area contributed by atoms with Crippen LogP contribution in [0.25, 0.3) is 16.3 Å². The zero-order chi connectivity index (χ0) is 18.5. The normalized spacial score (nSPS) is 20.3. The van der Waals surface area contributed by atoms with Crippen LogP contribution in [0.1, 0.15) is 31.2 Å². The van der Waals surface area contributed by atoms with Crippen LogP contribution in [0.2, 0.25) is 0 Å². The molecule has 2 aromatic rings. The Bertz CT molecular complexity index is 839. The van der Waals surface area contributed by atoms with Crippen molar-refractivity contribution in [3.8, 4) is 0 Å². The van der Waals surface area contributed by atoms with Crippen molar-refractivity contribution in [3.63, 3.8) is 0 Å². The van der Waals surface area contributed by atoms with E-state index < -0.39 is 0 Å². The van der Waals surface area contributed by atoms with Gasteiger partial charge in [-0.1, -0.05) is 18.7 Å². The number of hydrogen-bond donors (Lipinski definition) is 2. The van der Waals surface area contributed by atoms with Crippen molar-refractivity contribution < 1.29 is 9.53 Å². The van der Waals surface area contributed by atoms with Crippen molar-refractivity contribution in [2.75, 3.05) is 12.4 Å². The first-order valence-corrected chi connectivity index (χ1v) is 8.76. The van der Waals surface area contributed by atoms with Crippen molar-refractivity contribution in [3.05, 3.63) is 42.6 Å². The van der Waals surface area contributed by atoms with Gasteiger partial charge in [-0.05, 0) is 54.3 Å². The molecule has 136 valence electrons. The molecule has 3 rings (SSSR count). The number of anilines is 1. The number of hydrogen-bond acceptors (Lipinski definition) is 5. The minimum atomic E-state index is 0.0192. The molecule has 26 heavy (non-hydrogen) atoms. The van der Waals surface area contributed by atoms with E-state index in [9.17, 15) is 4.79 Å². The summed E-state index contributed by atoms with van der Waals surface area (Å²) in [4.78, 5) is 16.9. The van der Waals surface area contributed by atoms with E-state index >= 15 is 0 Å². The van der Waals surface area contributed by atoms with E-state index in [4.69, 9.17) is 10.6 Å². The van der Waals surface area contributed by atoms with Crippen LogP contribution in [-0.2, 0) is 9.53 Å². The predicted octanol–water partition coefficient (Wildman–Crippen LogP) is 3.34. The smallest absolute Gasteiger partial charge is 0.228 e. The lowest BCUT2D eigenvalue weighted by atomic mass is 9.87. The summed E-state index contributed by atoms with van der Waals surface area (Å²) in [5.74, 6) is 5.80. The van der Waals surface area contributed by atoms with Gasteiger partial charge in [0.2, 0.25) is 5.91 Å². The summed E-state index contributed by atoms with van der Waals surface area (Å²) in [6, 6.07) is 7.77. The van der Waals surface area contributed by atoms with Gasteiger partial charge in [-0.3, -0.25) is 4.79 Å². The first-order chi connectivity index (χ1) is 12.6. The number of fused-ring (bicyclic) bond motifs is 1. The van der Waals surface area contributed by atoms with Gasteiger partial charge in [0.05, 0.1) is 12.3 Å². The van der Waals surface area contributed by atoms with Crippen LogP contribution < -0.4 is 11.2 Å². The number of allylic oxidation sites excluding steroid dienone is 1. The Morgan fingerprint density at radius 1 is 1.31 bits per heavy atom. The molecule has 1 aliphatic rings. The van der Waals surface area contributed by atoms with Gasteiger partial charge in [0.15, 0.2) is 0 Å². The van der Waals surface area contributed by atoms with E-state index in [0.717, 1.165) is 47.6 Å². The Hall–Kier alpha value is -2.73. The highest BCUT2D eigenvalue weighted by atomic mass is 16.5. The zero-order valence-electron chi connectivity index (χ0n) is 14.9. The van der Waals surface area contributed by atoms with Gasteiger partial charge in [-0.2, -0.15) is 5.10 Å². The molecule has 3 N–H and O–H groups in total. The monoisotopic (exact) mass is 352 g/mol. The van der Waals surface area contributed by atoms with Crippen LogP contribution in [-0.4, -0.2) is 30.3 Å². The second-order valence-corrected chi connectivity index (χ2v) is 6.63. The first-order valence-electron chi connectivity index (χ1n) is 8.76. The molecular weight excluding hydrogens is 328 g/mol. The van der Waals surface area contributed by atoms with Gasteiger partial charge in [-0.15, -0.1) is 0 Å². The van der Waals surface area contributed by atoms with E-state index in [1.807, 2.05) is 24.3 Å². The molecule has 1 aliphatic carbocycles. The van der Waals surface area contributed by atoms with E-state index in [0.29, 0.717) is 5.82 Å². The largest absolute Gasteiger partial charge is 0.381 e. The molecule has 0 unspecified atom stereocenters. The van der Waals surface area contributed by atoms with Gasteiger partial charge in [0.25, 0.3) is 0 Å². The summed E-state index contributed by atoms with van der Waals surface area (Å²) in [5, 5.41) is 8.43. The molecule has 0 spiro atoms. The molecule has 6 heteroatoms. The Balaban J connectivity index is 1.73. The number of carbonyl (C=O) groups is 1. The lowest BCUT2D eigenvalue weighted by Crippen LogP contribution is -2.29. The molecular formula is C20H24N4O2. The highest BCUT2D eigenvalue weighted by molar-refractivity contribution is 6.09. The summed E-state index contributed by atoms with van der Waals surface area (Å²) in [6.07, 6.45) is 7.10. The lowest BCUT2D eigenvalue weighted by molar-refractivity contribution is -0.121. The molecule has 1 amide bonds. The highest BCUT2D eigenvalue weighted by Gasteiger charge is 2.26. The number of nitrogens with one attached hydrogen (secondary N) is 1. The molecule has 6 nitrogen and oxygen atoms in total. The average molecular weight is 352 g/mol. The Labute approximate surface area is 153 Å². The Morgan fingerprint density at radius 3 is 2.77 bits per heavy atom. The fourth-order valence-electron chi connectivity index (χ4n) is 3.36. The van der Waals surface area contributed by atoms with Gasteiger partial charge in [-0.25, -0.2) is 4.98 Å². The van der Waals surface area contributed by atoms with Crippen molar-refractivity contribution >= 4 is 34.3 Å². The number of pyridine rings is 1. The summed E-state index contributed by atoms with van der Waals surface area (Å²) in [5.41, 5.74) is 1.65. The van der Waals surface area contributed by atoms with Crippen LogP contribution in [0.3, 0.4) is 0 Å². The quantitative estimate of drug-likeness (QED) is 0.491. The second kappa shape index (κ2) is 8.10. The van der Waals surface area contributed by atoms with Gasteiger partial charge in [0, 0.05) is 24.6 Å². The van der Waals surface area contributed by atoms with E-state index in [1.54, 1.807) is 13.3 Å². The zero-order valence-corrected chi connectivity index (χ0v) is 14.9. The number of methoxy groups -OCH3 is 1. The Kier molecular flexibility index (Phi) is 5.63. The molecule has 1 heterocycles. The maximum Gasteiger partial charge on any atom is 0.228 e.